The van der Waals surface area contributed by atoms with Crippen LogP contribution in [0.15, 0.2) is 36.9 Å². The average molecular weight is 188 g/mol. The van der Waals surface area contributed by atoms with Crippen molar-refractivity contribution in [3.63, 3.8) is 0 Å². The Morgan fingerprint density at radius 3 is 2.71 bits per heavy atom. The van der Waals surface area contributed by atoms with Crippen LogP contribution in [0.5, 0.6) is 0 Å². The van der Waals surface area contributed by atoms with E-state index in [0.29, 0.717) is 11.1 Å². The van der Waals surface area contributed by atoms with Gasteiger partial charge in [-0.3, -0.25) is 0 Å². The van der Waals surface area contributed by atoms with E-state index in [2.05, 4.69) is 6.58 Å². The standard InChI is InChI=1S/C11H12N2O/c1-2-10(14)11(13)9-6-4-3-5-8(9)7-12/h2-6,10-11,14H,1,13H2/t10-,11+/m1/s1. The predicted molar refractivity (Wildman–Crippen MR) is 54.3 cm³/mol. The van der Waals surface area contributed by atoms with Crippen molar-refractivity contribution in [3.05, 3.63) is 48.0 Å². The number of rotatable bonds is 3. The number of hydrogen-bond acceptors (Lipinski definition) is 3. The van der Waals surface area contributed by atoms with Crippen molar-refractivity contribution in [3.8, 4) is 6.07 Å². The molecule has 0 saturated carbocycles. The second-order valence-electron chi connectivity index (χ2n) is 2.95. The molecule has 72 valence electrons. The molecule has 0 heterocycles. The van der Waals surface area contributed by atoms with Crippen LogP contribution >= 0.6 is 0 Å². The third-order valence-corrected chi connectivity index (χ3v) is 2.05. The SMILES string of the molecule is C=C[C@@H](O)[C@@H](N)c1ccccc1C#N. The number of aliphatic hydroxyl groups is 1. The lowest BCUT2D eigenvalue weighted by Crippen LogP contribution is -2.24. The molecule has 0 aliphatic heterocycles. The van der Waals surface area contributed by atoms with Gasteiger partial charge in [0.05, 0.1) is 23.8 Å². The Kier molecular flexibility index (Phi) is 3.41. The van der Waals surface area contributed by atoms with Crippen LogP contribution in [0.25, 0.3) is 0 Å². The molecule has 3 nitrogen and oxygen atoms in total. The summed E-state index contributed by atoms with van der Waals surface area (Å²) in [5.74, 6) is 0. The fourth-order valence-corrected chi connectivity index (χ4v) is 1.22. The predicted octanol–water partition coefficient (Wildman–Crippen LogP) is 1.10. The normalized spacial score (nSPS) is 14.1. The first kappa shape index (κ1) is 10.5. The number of benzene rings is 1. The molecule has 3 N–H and O–H groups in total. The summed E-state index contributed by atoms with van der Waals surface area (Å²) in [6.07, 6.45) is 0.531. The van der Waals surface area contributed by atoms with Gasteiger partial charge in [0.2, 0.25) is 0 Å². The Hall–Kier alpha value is -1.63. The van der Waals surface area contributed by atoms with Gasteiger partial charge in [-0.2, -0.15) is 5.26 Å². The maximum Gasteiger partial charge on any atom is 0.0995 e. The van der Waals surface area contributed by atoms with Crippen LogP contribution in [-0.4, -0.2) is 11.2 Å². The maximum absolute atomic E-state index is 9.45. The number of hydrogen-bond donors (Lipinski definition) is 2. The zero-order valence-corrected chi connectivity index (χ0v) is 7.72. The third kappa shape index (κ3) is 1.99. The van der Waals surface area contributed by atoms with E-state index >= 15 is 0 Å². The molecule has 2 atom stereocenters. The molecule has 0 unspecified atom stereocenters. The van der Waals surface area contributed by atoms with Crippen molar-refractivity contribution in [2.24, 2.45) is 5.73 Å². The van der Waals surface area contributed by atoms with Gasteiger partial charge in [-0.05, 0) is 11.6 Å². The van der Waals surface area contributed by atoms with Crippen molar-refractivity contribution in [2.75, 3.05) is 0 Å². The van der Waals surface area contributed by atoms with Crippen molar-refractivity contribution in [2.45, 2.75) is 12.1 Å². The van der Waals surface area contributed by atoms with Gasteiger partial charge in [-0.15, -0.1) is 6.58 Å². The summed E-state index contributed by atoms with van der Waals surface area (Å²) in [6.45, 7) is 3.45. The molecule has 0 aliphatic rings. The van der Waals surface area contributed by atoms with Crippen LogP contribution in [0.1, 0.15) is 17.2 Å². The second-order valence-corrected chi connectivity index (χ2v) is 2.95. The van der Waals surface area contributed by atoms with E-state index in [1.54, 1.807) is 24.3 Å². The van der Waals surface area contributed by atoms with E-state index in [9.17, 15) is 5.11 Å². The second kappa shape index (κ2) is 4.56. The summed E-state index contributed by atoms with van der Waals surface area (Å²) in [6, 6.07) is 8.38. The largest absolute Gasteiger partial charge is 0.387 e. The fourth-order valence-electron chi connectivity index (χ4n) is 1.22. The molecule has 3 heteroatoms. The molecule has 0 fully saturated rings. The summed E-state index contributed by atoms with van der Waals surface area (Å²) < 4.78 is 0. The number of nitriles is 1. The van der Waals surface area contributed by atoms with E-state index < -0.39 is 12.1 Å². The van der Waals surface area contributed by atoms with Crippen LogP contribution in [0.4, 0.5) is 0 Å². The Labute approximate surface area is 83.1 Å². The quantitative estimate of drug-likeness (QED) is 0.698. The first-order valence-corrected chi connectivity index (χ1v) is 4.26. The molecular weight excluding hydrogens is 176 g/mol. The van der Waals surface area contributed by atoms with Gasteiger partial charge in [0, 0.05) is 0 Å². The molecule has 0 bridgehead atoms. The van der Waals surface area contributed by atoms with Gasteiger partial charge in [0.15, 0.2) is 0 Å². The summed E-state index contributed by atoms with van der Waals surface area (Å²) in [4.78, 5) is 0. The van der Waals surface area contributed by atoms with E-state index in [0.717, 1.165) is 0 Å². The minimum Gasteiger partial charge on any atom is -0.387 e. The number of aliphatic hydroxyl groups excluding tert-OH is 1. The van der Waals surface area contributed by atoms with Gasteiger partial charge in [0.25, 0.3) is 0 Å². The van der Waals surface area contributed by atoms with Gasteiger partial charge in [-0.1, -0.05) is 24.3 Å². The van der Waals surface area contributed by atoms with Crippen molar-refractivity contribution in [1.82, 2.24) is 0 Å². The molecule has 0 aromatic heterocycles. The number of nitrogens with zero attached hydrogens (tertiary/aromatic N) is 1. The lowest BCUT2D eigenvalue weighted by Gasteiger charge is -2.16. The first-order valence-electron chi connectivity index (χ1n) is 4.26. The molecule has 0 amide bonds. The van der Waals surface area contributed by atoms with Crippen molar-refractivity contribution in [1.29, 1.82) is 5.26 Å². The fraction of sp³-hybridized carbons (Fsp3) is 0.182. The topological polar surface area (TPSA) is 70.0 Å². The summed E-state index contributed by atoms with van der Waals surface area (Å²) >= 11 is 0. The minimum absolute atomic E-state index is 0.487. The molecule has 14 heavy (non-hydrogen) atoms. The summed E-state index contributed by atoms with van der Waals surface area (Å²) in [5.41, 5.74) is 6.88. The molecule has 0 spiro atoms. The molecule has 0 saturated heterocycles. The van der Waals surface area contributed by atoms with Gasteiger partial charge in [0.1, 0.15) is 0 Å². The lowest BCUT2D eigenvalue weighted by molar-refractivity contribution is 0.192. The molecule has 0 aliphatic carbocycles. The van der Waals surface area contributed by atoms with E-state index in [-0.39, 0.29) is 0 Å². The highest BCUT2D eigenvalue weighted by Gasteiger charge is 2.16. The van der Waals surface area contributed by atoms with Crippen LogP contribution in [0.2, 0.25) is 0 Å². The highest BCUT2D eigenvalue weighted by atomic mass is 16.3. The van der Waals surface area contributed by atoms with E-state index in [4.69, 9.17) is 11.0 Å². The Morgan fingerprint density at radius 2 is 2.14 bits per heavy atom. The average Bonchev–Trinajstić information content (AvgIpc) is 2.26. The molecule has 1 aromatic rings. The summed E-state index contributed by atoms with van der Waals surface area (Å²) in [5, 5.41) is 18.3. The minimum atomic E-state index is -0.829. The van der Waals surface area contributed by atoms with E-state index in [1.165, 1.54) is 6.08 Å². The van der Waals surface area contributed by atoms with Gasteiger partial charge < -0.3 is 10.8 Å². The maximum atomic E-state index is 9.45. The third-order valence-electron chi connectivity index (χ3n) is 2.05. The van der Waals surface area contributed by atoms with Crippen molar-refractivity contribution < 1.29 is 5.11 Å². The van der Waals surface area contributed by atoms with Crippen LogP contribution in [0, 0.1) is 11.3 Å². The smallest absolute Gasteiger partial charge is 0.0995 e. The molecule has 0 radical (unpaired) electrons. The molecular formula is C11H12N2O. The molecule has 1 rings (SSSR count). The first-order chi connectivity index (χ1) is 6.70. The van der Waals surface area contributed by atoms with Gasteiger partial charge >= 0.3 is 0 Å². The monoisotopic (exact) mass is 188 g/mol. The summed E-state index contributed by atoms with van der Waals surface area (Å²) in [7, 11) is 0. The Balaban J connectivity index is 3.06. The Morgan fingerprint density at radius 1 is 1.50 bits per heavy atom. The van der Waals surface area contributed by atoms with Crippen LogP contribution in [0.3, 0.4) is 0 Å². The number of nitrogens with two attached hydrogens (primary N) is 1. The van der Waals surface area contributed by atoms with Gasteiger partial charge in [-0.25, -0.2) is 0 Å². The van der Waals surface area contributed by atoms with Crippen molar-refractivity contribution >= 4 is 0 Å². The van der Waals surface area contributed by atoms with Crippen LogP contribution in [-0.2, 0) is 0 Å². The zero-order valence-electron chi connectivity index (χ0n) is 7.72. The zero-order chi connectivity index (χ0) is 10.6. The van der Waals surface area contributed by atoms with E-state index in [1.807, 2.05) is 6.07 Å². The molecule has 1 aromatic carbocycles. The lowest BCUT2D eigenvalue weighted by atomic mass is 9.98. The Bertz CT molecular complexity index is 368. The highest BCUT2D eigenvalue weighted by molar-refractivity contribution is 5.40. The van der Waals surface area contributed by atoms with Crippen LogP contribution < -0.4 is 5.73 Å². The highest BCUT2D eigenvalue weighted by Crippen LogP contribution is 2.18.